The summed E-state index contributed by atoms with van der Waals surface area (Å²) in [7, 11) is -2.30. The lowest BCUT2D eigenvalue weighted by atomic mass is 10.0. The van der Waals surface area contributed by atoms with Crippen molar-refractivity contribution in [3.63, 3.8) is 0 Å². The van der Waals surface area contributed by atoms with Crippen molar-refractivity contribution < 1.29 is 17.5 Å². The molecular formula is C22H18ClFN4O3S. The topological polar surface area (TPSA) is 94.9 Å². The lowest BCUT2D eigenvalue weighted by Gasteiger charge is -2.12. The van der Waals surface area contributed by atoms with E-state index in [0.717, 1.165) is 5.56 Å². The molecule has 7 nitrogen and oxygen atoms in total. The Morgan fingerprint density at radius 1 is 1.09 bits per heavy atom. The van der Waals surface area contributed by atoms with Crippen LogP contribution in [0.2, 0.25) is 5.02 Å². The van der Waals surface area contributed by atoms with Gasteiger partial charge in [-0.25, -0.2) is 28.4 Å². The van der Waals surface area contributed by atoms with Crippen molar-refractivity contribution in [1.82, 2.24) is 19.9 Å². The standard InChI is InChI=1S/C22H18ClFN4O3S/c1-3-13-8-14(9-15-10-26-22(24)28-19(13)15)20-21(31-2)27-16(11-25-20)12-32(29,30)18-7-5-4-6-17(18)23/h4-11H,3,12H2,1-2H3. The van der Waals surface area contributed by atoms with Crippen LogP contribution in [0.3, 0.4) is 0 Å². The highest BCUT2D eigenvalue weighted by Crippen LogP contribution is 2.31. The normalized spacial score (nSPS) is 11.6. The zero-order chi connectivity index (χ0) is 22.9. The molecule has 0 saturated carbocycles. The minimum atomic E-state index is -3.73. The SMILES string of the molecule is CCc1cc(-c2ncc(CS(=O)(=O)c3ccccc3Cl)nc2OC)cc2cnc(F)nc12. The molecule has 2 aromatic carbocycles. The maximum atomic E-state index is 13.5. The molecule has 0 aliphatic heterocycles. The van der Waals surface area contributed by atoms with Crippen LogP contribution in [-0.2, 0) is 22.0 Å². The molecule has 0 radical (unpaired) electrons. The molecule has 0 spiro atoms. The van der Waals surface area contributed by atoms with Gasteiger partial charge in [-0.3, -0.25) is 0 Å². The van der Waals surface area contributed by atoms with E-state index in [0.29, 0.717) is 28.6 Å². The van der Waals surface area contributed by atoms with E-state index in [2.05, 4.69) is 19.9 Å². The minimum Gasteiger partial charge on any atom is -0.479 e. The molecule has 0 bridgehead atoms. The zero-order valence-corrected chi connectivity index (χ0v) is 18.8. The van der Waals surface area contributed by atoms with Crippen molar-refractivity contribution in [1.29, 1.82) is 0 Å². The average Bonchev–Trinajstić information content (AvgIpc) is 2.78. The van der Waals surface area contributed by atoms with Crippen LogP contribution in [0.4, 0.5) is 4.39 Å². The molecule has 0 unspecified atom stereocenters. The first-order valence-corrected chi connectivity index (χ1v) is 11.7. The molecule has 4 rings (SSSR count). The summed E-state index contributed by atoms with van der Waals surface area (Å²) in [5.41, 5.74) is 2.65. The molecule has 164 valence electrons. The van der Waals surface area contributed by atoms with Crippen LogP contribution in [0.25, 0.3) is 22.2 Å². The second-order valence-corrected chi connectivity index (χ2v) is 9.34. The third-order valence-electron chi connectivity index (χ3n) is 4.88. The van der Waals surface area contributed by atoms with Gasteiger partial charge in [0, 0.05) is 17.1 Å². The quantitative estimate of drug-likeness (QED) is 0.383. The Hall–Kier alpha value is -3.17. The first kappa shape index (κ1) is 22.0. The molecule has 0 amide bonds. The number of benzene rings is 2. The van der Waals surface area contributed by atoms with Crippen molar-refractivity contribution in [2.24, 2.45) is 0 Å². The summed E-state index contributed by atoms with van der Waals surface area (Å²) in [6, 6.07) is 9.83. The van der Waals surface area contributed by atoms with Gasteiger partial charge in [0.2, 0.25) is 5.88 Å². The summed E-state index contributed by atoms with van der Waals surface area (Å²) in [6.45, 7) is 1.93. The molecule has 0 N–H and O–H groups in total. The van der Waals surface area contributed by atoms with Gasteiger partial charge in [0.15, 0.2) is 9.84 Å². The Labute approximate surface area is 189 Å². The van der Waals surface area contributed by atoms with E-state index in [9.17, 15) is 12.8 Å². The number of ether oxygens (including phenoxy) is 1. The highest BCUT2D eigenvalue weighted by atomic mass is 35.5. The van der Waals surface area contributed by atoms with Gasteiger partial charge in [0.25, 0.3) is 0 Å². The number of aryl methyl sites for hydroxylation is 1. The Bertz CT molecular complexity index is 1430. The molecule has 0 aliphatic carbocycles. The fourth-order valence-electron chi connectivity index (χ4n) is 3.39. The van der Waals surface area contributed by atoms with Gasteiger partial charge in [-0.05, 0) is 36.2 Å². The van der Waals surface area contributed by atoms with Gasteiger partial charge in [-0.1, -0.05) is 30.7 Å². The lowest BCUT2D eigenvalue weighted by molar-refractivity contribution is 0.396. The van der Waals surface area contributed by atoms with E-state index < -0.39 is 15.9 Å². The summed E-state index contributed by atoms with van der Waals surface area (Å²) in [4.78, 5) is 16.3. The number of fused-ring (bicyclic) bond motifs is 1. The van der Waals surface area contributed by atoms with Crippen molar-refractivity contribution in [3.05, 3.63) is 71.2 Å². The molecule has 32 heavy (non-hydrogen) atoms. The minimum absolute atomic E-state index is 0.0286. The first-order valence-electron chi connectivity index (χ1n) is 9.65. The molecular weight excluding hydrogens is 455 g/mol. The number of sulfone groups is 1. The number of nitrogens with zero attached hydrogens (tertiary/aromatic N) is 4. The van der Waals surface area contributed by atoms with Crippen LogP contribution in [0.5, 0.6) is 5.88 Å². The molecule has 0 fully saturated rings. The second-order valence-electron chi connectivity index (χ2n) is 6.97. The van der Waals surface area contributed by atoms with E-state index in [4.69, 9.17) is 16.3 Å². The molecule has 10 heteroatoms. The molecule has 0 aliphatic rings. The first-order chi connectivity index (χ1) is 15.3. The molecule has 0 saturated heterocycles. The third kappa shape index (κ3) is 4.26. The highest BCUT2D eigenvalue weighted by Gasteiger charge is 2.21. The number of hydrogen-bond donors (Lipinski definition) is 0. The number of hydrogen-bond acceptors (Lipinski definition) is 7. The van der Waals surface area contributed by atoms with Gasteiger partial charge >= 0.3 is 6.08 Å². The lowest BCUT2D eigenvalue weighted by Crippen LogP contribution is -2.09. The summed E-state index contributed by atoms with van der Waals surface area (Å²) in [5.74, 6) is -0.216. The Balaban J connectivity index is 1.75. The van der Waals surface area contributed by atoms with E-state index in [1.165, 1.54) is 31.6 Å². The molecule has 2 aromatic heterocycles. The van der Waals surface area contributed by atoms with Crippen molar-refractivity contribution in [2.75, 3.05) is 7.11 Å². The van der Waals surface area contributed by atoms with E-state index in [1.54, 1.807) is 18.2 Å². The van der Waals surface area contributed by atoms with Crippen molar-refractivity contribution >= 4 is 32.3 Å². The maximum absolute atomic E-state index is 13.5. The largest absolute Gasteiger partial charge is 0.479 e. The van der Waals surface area contributed by atoms with Gasteiger partial charge in [-0.15, -0.1) is 0 Å². The summed E-state index contributed by atoms with van der Waals surface area (Å²) < 4.78 is 44.5. The van der Waals surface area contributed by atoms with Gasteiger partial charge in [-0.2, -0.15) is 4.39 Å². The Morgan fingerprint density at radius 3 is 2.59 bits per heavy atom. The average molecular weight is 473 g/mol. The van der Waals surface area contributed by atoms with Gasteiger partial charge in [0.1, 0.15) is 5.69 Å². The van der Waals surface area contributed by atoms with E-state index >= 15 is 0 Å². The number of aromatic nitrogens is 4. The van der Waals surface area contributed by atoms with E-state index in [1.807, 2.05) is 13.0 Å². The predicted molar refractivity (Wildman–Crippen MR) is 119 cm³/mol. The highest BCUT2D eigenvalue weighted by molar-refractivity contribution is 7.90. The maximum Gasteiger partial charge on any atom is 0.309 e. The third-order valence-corrected chi connectivity index (χ3v) is 7.02. The summed E-state index contributed by atoms with van der Waals surface area (Å²) in [5, 5.41) is 0.793. The summed E-state index contributed by atoms with van der Waals surface area (Å²) >= 11 is 6.05. The van der Waals surface area contributed by atoms with Gasteiger partial charge in [0.05, 0.1) is 40.2 Å². The molecule has 4 aromatic rings. The van der Waals surface area contributed by atoms with Crippen molar-refractivity contribution in [3.8, 4) is 17.1 Å². The van der Waals surface area contributed by atoms with Crippen LogP contribution < -0.4 is 4.74 Å². The summed E-state index contributed by atoms with van der Waals surface area (Å²) in [6.07, 6.45) is 2.63. The van der Waals surface area contributed by atoms with Crippen LogP contribution in [0, 0.1) is 6.08 Å². The predicted octanol–water partition coefficient (Wildman–Crippen LogP) is 4.42. The monoisotopic (exact) mass is 472 g/mol. The van der Waals surface area contributed by atoms with Crippen LogP contribution in [0.15, 0.2) is 53.7 Å². The van der Waals surface area contributed by atoms with Crippen molar-refractivity contribution in [2.45, 2.75) is 24.0 Å². The van der Waals surface area contributed by atoms with Gasteiger partial charge < -0.3 is 4.74 Å². The second kappa shape index (κ2) is 8.76. The number of rotatable bonds is 6. The zero-order valence-electron chi connectivity index (χ0n) is 17.2. The fraction of sp³-hybridized carbons (Fsp3) is 0.182. The van der Waals surface area contributed by atoms with Crippen LogP contribution in [-0.4, -0.2) is 35.5 Å². The number of halogens is 2. The smallest absolute Gasteiger partial charge is 0.309 e. The Kier molecular flexibility index (Phi) is 6.03. The van der Waals surface area contributed by atoms with Crippen LogP contribution in [0.1, 0.15) is 18.2 Å². The van der Waals surface area contributed by atoms with E-state index in [-0.39, 0.29) is 27.2 Å². The van der Waals surface area contributed by atoms with Crippen LogP contribution >= 0.6 is 11.6 Å². The number of methoxy groups -OCH3 is 1. The fourth-order valence-corrected chi connectivity index (χ4v) is 5.21. The molecule has 2 heterocycles. The Morgan fingerprint density at radius 2 is 1.88 bits per heavy atom. The molecule has 0 atom stereocenters.